The van der Waals surface area contributed by atoms with Crippen LogP contribution in [-0.4, -0.2) is 48.6 Å². The Bertz CT molecular complexity index is 248. The van der Waals surface area contributed by atoms with Crippen molar-refractivity contribution >= 4 is 11.9 Å². The molecule has 2 N–H and O–H groups in total. The maximum Gasteiger partial charge on any atom is 0.322 e. The van der Waals surface area contributed by atoms with Gasteiger partial charge in [0.1, 0.15) is 6.54 Å². The number of likely N-dealkylation sites (tertiary alicyclic amines) is 1. The highest BCUT2D eigenvalue weighted by molar-refractivity contribution is 5.80. The fourth-order valence-electron chi connectivity index (χ4n) is 1.95. The van der Waals surface area contributed by atoms with Crippen molar-refractivity contribution in [3.8, 4) is 0 Å². The number of carboxylic acids is 1. The van der Waals surface area contributed by atoms with Crippen LogP contribution in [0.4, 0.5) is 0 Å². The largest absolute Gasteiger partial charge is 0.480 e. The average molecular weight is 228 g/mol. The minimum Gasteiger partial charge on any atom is -0.480 e. The molecule has 1 saturated heterocycles. The lowest BCUT2D eigenvalue weighted by atomic mass is 9.92. The van der Waals surface area contributed by atoms with Crippen LogP contribution >= 0.6 is 0 Å². The second-order valence-corrected chi connectivity index (χ2v) is 4.46. The highest BCUT2D eigenvalue weighted by Gasteiger charge is 2.17. The number of nitrogens with zero attached hydrogens (tertiary/aromatic N) is 1. The Labute approximate surface area is 95.8 Å². The highest BCUT2D eigenvalue weighted by Crippen LogP contribution is 2.20. The van der Waals surface area contributed by atoms with E-state index in [4.69, 9.17) is 5.11 Å². The molecule has 0 saturated carbocycles. The Hall–Kier alpha value is -1.10. The molecule has 1 aliphatic rings. The molecule has 1 amide bonds. The van der Waals surface area contributed by atoms with E-state index in [1.165, 1.54) is 0 Å². The second-order valence-electron chi connectivity index (χ2n) is 4.46. The lowest BCUT2D eigenvalue weighted by molar-refractivity contribution is -0.138. The molecule has 0 bridgehead atoms. The van der Waals surface area contributed by atoms with Crippen LogP contribution in [0.15, 0.2) is 0 Å². The van der Waals surface area contributed by atoms with Gasteiger partial charge in [-0.3, -0.25) is 9.59 Å². The van der Waals surface area contributed by atoms with Crippen molar-refractivity contribution in [2.75, 3.05) is 26.7 Å². The lowest BCUT2D eigenvalue weighted by Crippen LogP contribution is -2.32. The second kappa shape index (κ2) is 6.48. The zero-order valence-electron chi connectivity index (χ0n) is 9.74. The van der Waals surface area contributed by atoms with E-state index in [0.29, 0.717) is 12.3 Å². The normalized spacial score (nSPS) is 18.3. The summed E-state index contributed by atoms with van der Waals surface area (Å²) in [4.78, 5) is 23.8. The van der Waals surface area contributed by atoms with Gasteiger partial charge in [0.25, 0.3) is 0 Å². The summed E-state index contributed by atoms with van der Waals surface area (Å²) >= 11 is 0. The molecule has 0 aromatic carbocycles. The van der Waals surface area contributed by atoms with Gasteiger partial charge >= 0.3 is 5.97 Å². The van der Waals surface area contributed by atoms with Crippen molar-refractivity contribution in [1.82, 2.24) is 10.2 Å². The van der Waals surface area contributed by atoms with Gasteiger partial charge in [-0.2, -0.15) is 0 Å². The SMILES string of the molecule is CN1CCC(CCC(=O)NCC(=O)O)CC1. The molecule has 5 nitrogen and oxygen atoms in total. The molecular formula is C11H20N2O3. The van der Waals surface area contributed by atoms with Crippen LogP contribution in [0.2, 0.25) is 0 Å². The van der Waals surface area contributed by atoms with E-state index in [1.54, 1.807) is 0 Å². The minimum absolute atomic E-state index is 0.152. The van der Waals surface area contributed by atoms with Gasteiger partial charge in [0, 0.05) is 6.42 Å². The van der Waals surface area contributed by atoms with Crippen molar-refractivity contribution in [2.45, 2.75) is 25.7 Å². The third-order valence-electron chi connectivity index (χ3n) is 3.05. The van der Waals surface area contributed by atoms with Gasteiger partial charge in [0.05, 0.1) is 0 Å². The average Bonchev–Trinajstić information content (AvgIpc) is 2.25. The van der Waals surface area contributed by atoms with Crippen LogP contribution in [-0.2, 0) is 9.59 Å². The zero-order valence-corrected chi connectivity index (χ0v) is 9.74. The first-order valence-corrected chi connectivity index (χ1v) is 5.75. The number of rotatable bonds is 5. The summed E-state index contributed by atoms with van der Waals surface area (Å²) in [6.45, 7) is 1.93. The predicted molar refractivity (Wildman–Crippen MR) is 60.1 cm³/mol. The number of carbonyl (C=O) groups excluding carboxylic acids is 1. The van der Waals surface area contributed by atoms with Crippen LogP contribution in [0.5, 0.6) is 0 Å². The van der Waals surface area contributed by atoms with Crippen LogP contribution in [0, 0.1) is 5.92 Å². The Morgan fingerprint density at radius 1 is 1.38 bits per heavy atom. The van der Waals surface area contributed by atoms with Crippen LogP contribution in [0.1, 0.15) is 25.7 Å². The first kappa shape index (κ1) is 13.0. The number of piperidine rings is 1. The predicted octanol–water partition coefficient (Wildman–Crippen LogP) is 0.309. The molecular weight excluding hydrogens is 208 g/mol. The van der Waals surface area contributed by atoms with Crippen molar-refractivity contribution in [2.24, 2.45) is 5.92 Å². The molecule has 0 unspecified atom stereocenters. The van der Waals surface area contributed by atoms with E-state index >= 15 is 0 Å². The molecule has 0 atom stereocenters. The van der Waals surface area contributed by atoms with Gasteiger partial charge in [-0.15, -0.1) is 0 Å². The van der Waals surface area contributed by atoms with Gasteiger partial charge in [-0.05, 0) is 45.3 Å². The monoisotopic (exact) mass is 228 g/mol. The molecule has 0 aromatic heterocycles. The van der Waals surface area contributed by atoms with Gasteiger partial charge in [-0.1, -0.05) is 0 Å². The summed E-state index contributed by atoms with van der Waals surface area (Å²) < 4.78 is 0. The number of hydrogen-bond donors (Lipinski definition) is 2. The van der Waals surface area contributed by atoms with E-state index in [0.717, 1.165) is 32.4 Å². The van der Waals surface area contributed by atoms with Crippen LogP contribution in [0.25, 0.3) is 0 Å². The number of hydrogen-bond acceptors (Lipinski definition) is 3. The van der Waals surface area contributed by atoms with E-state index in [9.17, 15) is 9.59 Å². The Balaban J connectivity index is 2.09. The summed E-state index contributed by atoms with van der Waals surface area (Å²) in [5.74, 6) is -0.527. The van der Waals surface area contributed by atoms with Crippen molar-refractivity contribution in [3.05, 3.63) is 0 Å². The number of aliphatic carboxylic acids is 1. The first-order chi connectivity index (χ1) is 7.58. The van der Waals surface area contributed by atoms with Crippen molar-refractivity contribution in [1.29, 1.82) is 0 Å². The maximum atomic E-state index is 11.3. The molecule has 0 aliphatic carbocycles. The smallest absolute Gasteiger partial charge is 0.322 e. The fourth-order valence-corrected chi connectivity index (χ4v) is 1.95. The lowest BCUT2D eigenvalue weighted by Gasteiger charge is -2.28. The molecule has 5 heteroatoms. The molecule has 1 heterocycles. The molecule has 92 valence electrons. The molecule has 16 heavy (non-hydrogen) atoms. The molecule has 0 radical (unpaired) electrons. The number of nitrogens with one attached hydrogen (secondary N) is 1. The number of carboxylic acid groups (broad SMARTS) is 1. The van der Waals surface area contributed by atoms with Crippen molar-refractivity contribution < 1.29 is 14.7 Å². The summed E-state index contributed by atoms with van der Waals surface area (Å²) in [6.07, 6.45) is 3.60. The van der Waals surface area contributed by atoms with E-state index < -0.39 is 5.97 Å². The van der Waals surface area contributed by atoms with Gasteiger partial charge < -0.3 is 15.3 Å². The molecule has 1 fully saturated rings. The molecule has 1 rings (SSSR count). The van der Waals surface area contributed by atoms with E-state index in [1.807, 2.05) is 0 Å². The minimum atomic E-state index is -0.993. The molecule has 1 aliphatic heterocycles. The fraction of sp³-hybridized carbons (Fsp3) is 0.818. The van der Waals surface area contributed by atoms with E-state index in [-0.39, 0.29) is 12.5 Å². The Morgan fingerprint density at radius 3 is 2.56 bits per heavy atom. The van der Waals surface area contributed by atoms with Crippen LogP contribution < -0.4 is 5.32 Å². The first-order valence-electron chi connectivity index (χ1n) is 5.75. The summed E-state index contributed by atoms with van der Waals surface area (Å²) in [7, 11) is 2.11. The van der Waals surface area contributed by atoms with Gasteiger partial charge in [0.15, 0.2) is 0 Å². The van der Waals surface area contributed by atoms with Crippen LogP contribution in [0.3, 0.4) is 0 Å². The standard InChI is InChI=1S/C11H20N2O3/c1-13-6-4-9(5-7-13)2-3-10(14)12-8-11(15)16/h9H,2-8H2,1H3,(H,12,14)(H,15,16). The third kappa shape index (κ3) is 5.11. The summed E-state index contributed by atoms with van der Waals surface area (Å²) in [5.41, 5.74) is 0. The van der Waals surface area contributed by atoms with E-state index in [2.05, 4.69) is 17.3 Å². The Morgan fingerprint density at radius 2 is 2.00 bits per heavy atom. The highest BCUT2D eigenvalue weighted by atomic mass is 16.4. The van der Waals surface area contributed by atoms with Gasteiger partial charge in [0.2, 0.25) is 5.91 Å². The third-order valence-corrected chi connectivity index (χ3v) is 3.05. The zero-order chi connectivity index (χ0) is 12.0. The molecule has 0 spiro atoms. The topological polar surface area (TPSA) is 69.6 Å². The maximum absolute atomic E-state index is 11.3. The number of amides is 1. The summed E-state index contributed by atoms with van der Waals surface area (Å²) in [5, 5.41) is 10.8. The Kier molecular flexibility index (Phi) is 5.25. The van der Waals surface area contributed by atoms with Gasteiger partial charge in [-0.25, -0.2) is 0 Å². The number of carbonyl (C=O) groups is 2. The molecule has 0 aromatic rings. The van der Waals surface area contributed by atoms with Crippen molar-refractivity contribution in [3.63, 3.8) is 0 Å². The quantitative estimate of drug-likeness (QED) is 0.710. The summed E-state index contributed by atoms with van der Waals surface area (Å²) in [6, 6.07) is 0.